The summed E-state index contributed by atoms with van der Waals surface area (Å²) in [5.74, 6) is -3.30. The molecule has 2 aromatic carbocycles. The first kappa shape index (κ1) is 26.4. The quantitative estimate of drug-likeness (QED) is 0.285. The number of H-pyrrole nitrogens is 1. The van der Waals surface area contributed by atoms with Crippen LogP contribution in [-0.4, -0.2) is 64.0 Å². The van der Waals surface area contributed by atoms with Crippen molar-refractivity contribution in [2.24, 2.45) is 11.8 Å². The molecule has 0 bridgehead atoms. The Balaban J connectivity index is 1.28. The summed E-state index contributed by atoms with van der Waals surface area (Å²) in [4.78, 5) is 56.8. The third-order valence-electron chi connectivity index (χ3n) is 7.58. The molecule has 10 heteroatoms. The van der Waals surface area contributed by atoms with Crippen LogP contribution in [0.1, 0.15) is 41.7 Å². The first-order chi connectivity index (χ1) is 18.9. The zero-order valence-corrected chi connectivity index (χ0v) is 21.6. The van der Waals surface area contributed by atoms with Crippen LogP contribution in [0.3, 0.4) is 0 Å². The number of aliphatic hydroxyl groups excluding tert-OH is 1. The van der Waals surface area contributed by atoms with Gasteiger partial charge in [-0.05, 0) is 43.4 Å². The molecule has 3 aromatic rings. The second-order valence-electron chi connectivity index (χ2n) is 10.2. The van der Waals surface area contributed by atoms with E-state index < -0.39 is 35.9 Å². The monoisotopic (exact) mass is 531 g/mol. The van der Waals surface area contributed by atoms with Gasteiger partial charge in [-0.2, -0.15) is 0 Å². The number of aromatic nitrogens is 1. The number of aliphatic hydroxyl groups is 1. The molecule has 1 aromatic heterocycles. The maximum atomic E-state index is 13.5. The number of rotatable bonds is 9. The lowest BCUT2D eigenvalue weighted by atomic mass is 9.88. The molecular formula is C29H33N5O5. The summed E-state index contributed by atoms with van der Waals surface area (Å²) in [6.45, 7) is 1.16. The van der Waals surface area contributed by atoms with E-state index in [9.17, 15) is 24.3 Å². The van der Waals surface area contributed by atoms with Crippen molar-refractivity contribution in [3.8, 4) is 0 Å². The maximum absolute atomic E-state index is 13.5. The maximum Gasteiger partial charge on any atom is 0.271 e. The molecule has 204 valence electrons. The minimum absolute atomic E-state index is 0.0281. The van der Waals surface area contributed by atoms with E-state index in [2.05, 4.69) is 20.9 Å². The van der Waals surface area contributed by atoms with Crippen molar-refractivity contribution in [1.29, 1.82) is 0 Å². The molecule has 0 spiro atoms. The van der Waals surface area contributed by atoms with Crippen molar-refractivity contribution in [3.63, 3.8) is 0 Å². The molecule has 0 radical (unpaired) electrons. The molecule has 2 fully saturated rings. The first-order valence-corrected chi connectivity index (χ1v) is 13.4. The Morgan fingerprint density at radius 3 is 2.54 bits per heavy atom. The summed E-state index contributed by atoms with van der Waals surface area (Å²) in [6, 6.07) is 18.6. The number of fused-ring (bicyclic) bond motifs is 1. The number of aromatic amines is 1. The molecule has 10 nitrogen and oxygen atoms in total. The number of para-hydroxylation sites is 1. The molecule has 0 aliphatic carbocycles. The summed E-state index contributed by atoms with van der Waals surface area (Å²) >= 11 is 0. The number of carbonyl (C=O) groups excluding carboxylic acids is 4. The summed E-state index contributed by atoms with van der Waals surface area (Å²) in [7, 11) is 0. The van der Waals surface area contributed by atoms with Crippen LogP contribution in [0, 0.1) is 11.8 Å². The lowest BCUT2D eigenvalue weighted by Gasteiger charge is -2.29. The van der Waals surface area contributed by atoms with Crippen LogP contribution >= 0.6 is 0 Å². The van der Waals surface area contributed by atoms with Crippen molar-refractivity contribution in [1.82, 2.24) is 25.8 Å². The van der Waals surface area contributed by atoms with Gasteiger partial charge in [-0.15, -0.1) is 0 Å². The van der Waals surface area contributed by atoms with Crippen molar-refractivity contribution >= 4 is 34.5 Å². The first-order valence-electron chi connectivity index (χ1n) is 13.4. The molecule has 0 saturated carbocycles. The highest BCUT2D eigenvalue weighted by Crippen LogP contribution is 2.25. The van der Waals surface area contributed by atoms with E-state index in [0.717, 1.165) is 16.5 Å². The zero-order chi connectivity index (χ0) is 27.4. The van der Waals surface area contributed by atoms with E-state index in [1.54, 1.807) is 11.0 Å². The average Bonchev–Trinajstić information content (AvgIpc) is 3.70. The Labute approximate surface area is 226 Å². The van der Waals surface area contributed by atoms with Gasteiger partial charge in [0.1, 0.15) is 18.0 Å². The van der Waals surface area contributed by atoms with Crippen LogP contribution in [0.5, 0.6) is 0 Å². The molecule has 2 aliphatic rings. The Morgan fingerprint density at radius 2 is 1.79 bits per heavy atom. The van der Waals surface area contributed by atoms with Gasteiger partial charge in [0, 0.05) is 36.5 Å². The van der Waals surface area contributed by atoms with Gasteiger partial charge in [-0.3, -0.25) is 19.2 Å². The molecule has 2 aliphatic heterocycles. The standard InChI is InChI=1S/C29H33N5O5/c35-25(28(38)31-17-18-7-2-1-3-8-18)21(15-20-12-13-30-26(20)36)27(37)33-24-11-6-14-34(24)29(39)23-16-19-9-4-5-10-22(19)32-23/h1-5,7-10,16,20-21,24-25,32,35H,6,11-15,17H2,(H,30,36)(H,31,38)(H,33,37)/t20-,21+,24+,25?/m1/s1. The number of hydrogen-bond donors (Lipinski definition) is 5. The molecule has 4 atom stereocenters. The minimum Gasteiger partial charge on any atom is -0.382 e. The van der Waals surface area contributed by atoms with E-state index >= 15 is 0 Å². The van der Waals surface area contributed by atoms with Crippen LogP contribution < -0.4 is 16.0 Å². The van der Waals surface area contributed by atoms with Gasteiger partial charge in [0.2, 0.25) is 17.7 Å². The SMILES string of the molecule is O=C(NCc1ccccc1)C(O)[C@H](C[C@H]1CCNC1=O)C(=O)N[C@@H]1CCCN1C(=O)c1cc2ccccc2[nH]1. The molecule has 5 rings (SSSR count). The largest absolute Gasteiger partial charge is 0.382 e. The molecule has 3 heterocycles. The van der Waals surface area contributed by atoms with Gasteiger partial charge in [-0.1, -0.05) is 48.5 Å². The van der Waals surface area contributed by atoms with Crippen molar-refractivity contribution < 1.29 is 24.3 Å². The lowest BCUT2D eigenvalue weighted by molar-refractivity contribution is -0.142. The highest BCUT2D eigenvalue weighted by Gasteiger charge is 2.40. The van der Waals surface area contributed by atoms with Crippen molar-refractivity contribution in [2.45, 2.75) is 44.5 Å². The van der Waals surface area contributed by atoms with Gasteiger partial charge in [0.05, 0.1) is 5.92 Å². The normalized spacial score (nSPS) is 20.4. The van der Waals surface area contributed by atoms with Gasteiger partial charge in [0.15, 0.2) is 0 Å². The number of benzene rings is 2. The molecular weight excluding hydrogens is 498 g/mol. The third-order valence-corrected chi connectivity index (χ3v) is 7.58. The molecule has 39 heavy (non-hydrogen) atoms. The van der Waals surface area contributed by atoms with Crippen LogP contribution in [-0.2, 0) is 20.9 Å². The number of nitrogens with one attached hydrogen (secondary N) is 4. The summed E-state index contributed by atoms with van der Waals surface area (Å²) in [5.41, 5.74) is 2.13. The summed E-state index contributed by atoms with van der Waals surface area (Å²) in [6.07, 6.45) is -0.440. The van der Waals surface area contributed by atoms with Crippen LogP contribution in [0.4, 0.5) is 0 Å². The fourth-order valence-corrected chi connectivity index (χ4v) is 5.40. The molecule has 1 unspecified atom stereocenters. The molecule has 4 amide bonds. The van der Waals surface area contributed by atoms with E-state index in [-0.39, 0.29) is 24.8 Å². The van der Waals surface area contributed by atoms with E-state index in [1.165, 1.54) is 0 Å². The fourth-order valence-electron chi connectivity index (χ4n) is 5.40. The fraction of sp³-hybridized carbons (Fsp3) is 0.379. The summed E-state index contributed by atoms with van der Waals surface area (Å²) < 4.78 is 0. The second-order valence-corrected chi connectivity index (χ2v) is 10.2. The van der Waals surface area contributed by atoms with Gasteiger partial charge >= 0.3 is 0 Å². The smallest absolute Gasteiger partial charge is 0.271 e. The zero-order valence-electron chi connectivity index (χ0n) is 21.6. The predicted molar refractivity (Wildman–Crippen MR) is 144 cm³/mol. The average molecular weight is 532 g/mol. The summed E-state index contributed by atoms with van der Waals surface area (Å²) in [5, 5.41) is 20.2. The van der Waals surface area contributed by atoms with Crippen molar-refractivity contribution in [3.05, 3.63) is 71.9 Å². The van der Waals surface area contributed by atoms with E-state index in [1.807, 2.05) is 54.6 Å². The number of amides is 4. The number of nitrogens with zero attached hydrogens (tertiary/aromatic N) is 1. The Hall–Kier alpha value is -4.18. The van der Waals surface area contributed by atoms with Gasteiger partial charge < -0.3 is 30.9 Å². The highest BCUT2D eigenvalue weighted by atomic mass is 16.3. The van der Waals surface area contributed by atoms with Crippen LogP contribution in [0.25, 0.3) is 10.9 Å². The number of carbonyl (C=O) groups is 4. The molecule has 2 saturated heterocycles. The Morgan fingerprint density at radius 1 is 1.03 bits per heavy atom. The minimum atomic E-state index is -1.65. The predicted octanol–water partition coefficient (Wildman–Crippen LogP) is 1.67. The number of hydrogen-bond acceptors (Lipinski definition) is 5. The van der Waals surface area contributed by atoms with Crippen LogP contribution in [0.15, 0.2) is 60.7 Å². The van der Waals surface area contributed by atoms with Crippen LogP contribution in [0.2, 0.25) is 0 Å². The van der Waals surface area contributed by atoms with Crippen molar-refractivity contribution in [2.75, 3.05) is 13.1 Å². The van der Waals surface area contributed by atoms with E-state index in [4.69, 9.17) is 0 Å². The second kappa shape index (κ2) is 11.7. The number of likely N-dealkylation sites (tertiary alicyclic amines) is 1. The molecule has 5 N–H and O–H groups in total. The third kappa shape index (κ3) is 5.96. The van der Waals surface area contributed by atoms with Gasteiger partial charge in [-0.25, -0.2) is 0 Å². The Bertz CT molecular complexity index is 1320. The topological polar surface area (TPSA) is 144 Å². The highest BCUT2D eigenvalue weighted by molar-refractivity contribution is 5.98. The van der Waals surface area contributed by atoms with E-state index in [0.29, 0.717) is 38.0 Å². The lowest BCUT2D eigenvalue weighted by Crippen LogP contribution is -2.52. The van der Waals surface area contributed by atoms with Gasteiger partial charge in [0.25, 0.3) is 5.91 Å². The Kier molecular flexibility index (Phi) is 7.92.